The van der Waals surface area contributed by atoms with E-state index in [1.807, 2.05) is 0 Å². The molecule has 15 heavy (non-hydrogen) atoms. The molecule has 2 aromatic carbocycles. The van der Waals surface area contributed by atoms with Gasteiger partial charge in [-0.1, -0.05) is 12.1 Å². The van der Waals surface area contributed by atoms with Crippen LogP contribution in [0.4, 0.5) is 4.39 Å². The lowest BCUT2D eigenvalue weighted by atomic mass is 10.3. The Morgan fingerprint density at radius 1 is 0.933 bits per heavy atom. The highest BCUT2D eigenvalue weighted by atomic mass is 19.1. The molecule has 2 rings (SSSR count). The van der Waals surface area contributed by atoms with Crippen LogP contribution in [0.3, 0.4) is 0 Å². The molecular formula is C12H9FO2. The molecule has 0 bridgehead atoms. The normalized spacial score (nSPS) is 9.93. The maximum atomic E-state index is 12.6. The van der Waals surface area contributed by atoms with Gasteiger partial charge in [0.1, 0.15) is 11.6 Å². The molecule has 0 aliphatic carbocycles. The lowest BCUT2D eigenvalue weighted by molar-refractivity contribution is 0.411. The van der Waals surface area contributed by atoms with Crippen LogP contribution >= 0.6 is 0 Å². The molecule has 0 aliphatic heterocycles. The highest BCUT2D eigenvalue weighted by Crippen LogP contribution is 2.29. The van der Waals surface area contributed by atoms with Crippen molar-refractivity contribution in [3.05, 3.63) is 54.3 Å². The Balaban J connectivity index is 2.22. The summed E-state index contributed by atoms with van der Waals surface area (Å²) in [5.41, 5.74) is 0. The molecule has 0 heterocycles. The molecule has 1 N–H and O–H groups in total. The van der Waals surface area contributed by atoms with Crippen LogP contribution in [0, 0.1) is 5.82 Å². The summed E-state index contributed by atoms with van der Waals surface area (Å²) in [5, 5.41) is 9.43. The maximum Gasteiger partial charge on any atom is 0.169 e. The summed E-state index contributed by atoms with van der Waals surface area (Å²) in [5.74, 6) is 0.573. The quantitative estimate of drug-likeness (QED) is 0.813. The fourth-order valence-electron chi connectivity index (χ4n) is 1.17. The van der Waals surface area contributed by atoms with Crippen LogP contribution in [-0.2, 0) is 0 Å². The zero-order valence-corrected chi connectivity index (χ0v) is 7.85. The minimum absolute atomic E-state index is 0.0572. The Morgan fingerprint density at radius 3 is 2.27 bits per heavy atom. The summed E-state index contributed by atoms with van der Waals surface area (Å²) < 4.78 is 17.9. The average Bonchev–Trinajstić information content (AvgIpc) is 2.25. The van der Waals surface area contributed by atoms with Gasteiger partial charge in [-0.3, -0.25) is 0 Å². The van der Waals surface area contributed by atoms with Gasteiger partial charge in [-0.25, -0.2) is 4.39 Å². The SMILES string of the molecule is Oc1ccccc1Oc1ccc(F)cc1. The van der Waals surface area contributed by atoms with Crippen LogP contribution in [0.25, 0.3) is 0 Å². The van der Waals surface area contributed by atoms with Gasteiger partial charge in [-0.05, 0) is 36.4 Å². The third-order valence-corrected chi connectivity index (χ3v) is 1.91. The number of aromatic hydroxyl groups is 1. The van der Waals surface area contributed by atoms with Gasteiger partial charge in [0, 0.05) is 0 Å². The number of ether oxygens (including phenoxy) is 1. The zero-order valence-electron chi connectivity index (χ0n) is 7.85. The van der Waals surface area contributed by atoms with E-state index < -0.39 is 0 Å². The van der Waals surface area contributed by atoms with E-state index in [9.17, 15) is 9.50 Å². The molecule has 0 fully saturated rings. The molecule has 0 aliphatic rings. The van der Waals surface area contributed by atoms with Crippen LogP contribution in [0.5, 0.6) is 17.2 Å². The fourth-order valence-corrected chi connectivity index (χ4v) is 1.17. The standard InChI is InChI=1S/C12H9FO2/c13-9-5-7-10(8-6-9)15-12-4-2-1-3-11(12)14/h1-8,14H. The van der Waals surface area contributed by atoms with Crippen LogP contribution in [-0.4, -0.2) is 5.11 Å². The van der Waals surface area contributed by atoms with Crippen molar-refractivity contribution < 1.29 is 14.2 Å². The van der Waals surface area contributed by atoms with Crippen LogP contribution < -0.4 is 4.74 Å². The fraction of sp³-hybridized carbons (Fsp3) is 0. The van der Waals surface area contributed by atoms with E-state index in [0.29, 0.717) is 11.5 Å². The highest BCUT2D eigenvalue weighted by Gasteiger charge is 2.01. The van der Waals surface area contributed by atoms with E-state index in [1.165, 1.54) is 30.3 Å². The molecule has 0 radical (unpaired) electrons. The third kappa shape index (κ3) is 2.26. The summed E-state index contributed by atoms with van der Waals surface area (Å²) in [4.78, 5) is 0. The second-order valence-electron chi connectivity index (χ2n) is 3.02. The Labute approximate surface area is 86.6 Å². The monoisotopic (exact) mass is 204 g/mol. The number of para-hydroxylation sites is 2. The van der Waals surface area contributed by atoms with Gasteiger partial charge < -0.3 is 9.84 Å². The van der Waals surface area contributed by atoms with Gasteiger partial charge >= 0.3 is 0 Å². The minimum atomic E-state index is -0.320. The van der Waals surface area contributed by atoms with Gasteiger partial charge in [-0.2, -0.15) is 0 Å². The Kier molecular flexibility index (Phi) is 2.54. The molecule has 2 aromatic rings. The lowest BCUT2D eigenvalue weighted by Crippen LogP contribution is -1.84. The first-order valence-electron chi connectivity index (χ1n) is 4.47. The van der Waals surface area contributed by atoms with Gasteiger partial charge in [0.25, 0.3) is 0 Å². The van der Waals surface area contributed by atoms with Crippen molar-refractivity contribution in [2.24, 2.45) is 0 Å². The largest absolute Gasteiger partial charge is 0.504 e. The van der Waals surface area contributed by atoms with E-state index >= 15 is 0 Å². The molecular weight excluding hydrogens is 195 g/mol. The second kappa shape index (κ2) is 4.00. The Hall–Kier alpha value is -2.03. The average molecular weight is 204 g/mol. The molecule has 0 amide bonds. The summed E-state index contributed by atoms with van der Waals surface area (Å²) in [6.45, 7) is 0. The van der Waals surface area contributed by atoms with E-state index in [0.717, 1.165) is 0 Å². The van der Waals surface area contributed by atoms with Crippen molar-refractivity contribution in [3.63, 3.8) is 0 Å². The Bertz CT molecular complexity index is 451. The van der Waals surface area contributed by atoms with Gasteiger partial charge in [0.15, 0.2) is 11.5 Å². The first-order chi connectivity index (χ1) is 7.25. The number of hydrogen-bond acceptors (Lipinski definition) is 2. The predicted molar refractivity (Wildman–Crippen MR) is 54.6 cm³/mol. The summed E-state index contributed by atoms with van der Waals surface area (Å²) in [6, 6.07) is 12.2. The molecule has 0 spiro atoms. The predicted octanol–water partition coefficient (Wildman–Crippen LogP) is 3.32. The number of rotatable bonds is 2. The third-order valence-electron chi connectivity index (χ3n) is 1.91. The van der Waals surface area contributed by atoms with Crippen molar-refractivity contribution in [3.8, 4) is 17.2 Å². The Morgan fingerprint density at radius 2 is 1.60 bits per heavy atom. The number of hydrogen-bond donors (Lipinski definition) is 1. The highest BCUT2D eigenvalue weighted by molar-refractivity contribution is 5.41. The molecule has 0 unspecified atom stereocenters. The van der Waals surface area contributed by atoms with E-state index in [1.54, 1.807) is 18.2 Å². The van der Waals surface area contributed by atoms with Crippen molar-refractivity contribution >= 4 is 0 Å². The second-order valence-corrected chi connectivity index (χ2v) is 3.02. The number of phenols is 1. The number of benzene rings is 2. The molecule has 3 heteroatoms. The van der Waals surface area contributed by atoms with Crippen molar-refractivity contribution in [1.29, 1.82) is 0 Å². The molecule has 0 atom stereocenters. The van der Waals surface area contributed by atoms with Gasteiger partial charge in [0.05, 0.1) is 0 Å². The molecule has 0 saturated heterocycles. The lowest BCUT2D eigenvalue weighted by Gasteiger charge is -2.06. The number of halogens is 1. The first kappa shape index (κ1) is 9.52. The van der Waals surface area contributed by atoms with Crippen molar-refractivity contribution in [1.82, 2.24) is 0 Å². The van der Waals surface area contributed by atoms with Crippen LogP contribution in [0.2, 0.25) is 0 Å². The minimum Gasteiger partial charge on any atom is -0.504 e. The van der Waals surface area contributed by atoms with Crippen molar-refractivity contribution in [2.45, 2.75) is 0 Å². The summed E-state index contributed by atoms with van der Waals surface area (Å²) in [7, 11) is 0. The van der Waals surface area contributed by atoms with E-state index in [2.05, 4.69) is 0 Å². The van der Waals surface area contributed by atoms with E-state index in [-0.39, 0.29) is 11.6 Å². The van der Waals surface area contributed by atoms with Crippen LogP contribution in [0.1, 0.15) is 0 Å². The zero-order chi connectivity index (χ0) is 10.7. The smallest absolute Gasteiger partial charge is 0.169 e. The molecule has 76 valence electrons. The molecule has 0 saturated carbocycles. The summed E-state index contributed by atoms with van der Waals surface area (Å²) >= 11 is 0. The number of phenolic OH excluding ortho intramolecular Hbond substituents is 1. The van der Waals surface area contributed by atoms with Gasteiger partial charge in [-0.15, -0.1) is 0 Å². The van der Waals surface area contributed by atoms with E-state index in [4.69, 9.17) is 4.74 Å². The van der Waals surface area contributed by atoms with Crippen molar-refractivity contribution in [2.75, 3.05) is 0 Å². The topological polar surface area (TPSA) is 29.5 Å². The van der Waals surface area contributed by atoms with Crippen LogP contribution in [0.15, 0.2) is 48.5 Å². The maximum absolute atomic E-state index is 12.6. The molecule has 0 aromatic heterocycles. The summed E-state index contributed by atoms with van der Waals surface area (Å²) in [6.07, 6.45) is 0. The van der Waals surface area contributed by atoms with Gasteiger partial charge in [0.2, 0.25) is 0 Å². The molecule has 2 nitrogen and oxygen atoms in total. The first-order valence-corrected chi connectivity index (χ1v) is 4.47.